The summed E-state index contributed by atoms with van der Waals surface area (Å²) in [5, 5.41) is 18.8. The number of alkyl halides is 1. The van der Waals surface area contributed by atoms with Gasteiger partial charge in [0, 0.05) is 51.3 Å². The predicted octanol–water partition coefficient (Wildman–Crippen LogP) is 0.980. The van der Waals surface area contributed by atoms with Gasteiger partial charge in [-0.3, -0.25) is 24.0 Å². The number of carboxylic acid groups (broad SMARTS) is 1. The van der Waals surface area contributed by atoms with E-state index in [2.05, 4.69) is 15.7 Å². The van der Waals surface area contributed by atoms with Crippen LogP contribution in [0, 0.1) is 0 Å². The Bertz CT molecular complexity index is 1500. The predicted molar refractivity (Wildman–Crippen MR) is 171 cm³/mol. The van der Waals surface area contributed by atoms with Crippen LogP contribution in [0.3, 0.4) is 0 Å². The van der Waals surface area contributed by atoms with Crippen molar-refractivity contribution in [3.05, 3.63) is 42.1 Å². The molecule has 3 heterocycles. The van der Waals surface area contributed by atoms with Crippen molar-refractivity contribution in [1.29, 1.82) is 0 Å². The summed E-state index contributed by atoms with van der Waals surface area (Å²) in [5.74, 6) is -3.34. The van der Waals surface area contributed by atoms with Crippen LogP contribution in [0.25, 0.3) is 5.69 Å². The Balaban J connectivity index is 1.50. The first kappa shape index (κ1) is 36.6. The molecule has 4 rings (SSSR count). The van der Waals surface area contributed by atoms with E-state index in [4.69, 9.17) is 9.47 Å². The molecule has 5 amide bonds. The zero-order valence-corrected chi connectivity index (χ0v) is 27.5. The Morgan fingerprint density at radius 3 is 2.51 bits per heavy atom. The molecule has 0 bridgehead atoms. The number of carboxylic acids is 1. The number of hydrogen-bond acceptors (Lipinski definition) is 9. The van der Waals surface area contributed by atoms with Crippen LogP contribution in [0.1, 0.15) is 50.0 Å². The fraction of sp³-hybridized carbons (Fsp3) is 0.531. The lowest BCUT2D eigenvalue weighted by atomic mass is 10.1. The lowest BCUT2D eigenvalue weighted by Crippen LogP contribution is -2.59. The van der Waals surface area contributed by atoms with Crippen LogP contribution in [0.5, 0.6) is 5.88 Å². The van der Waals surface area contributed by atoms with Crippen LogP contribution in [-0.2, 0) is 23.9 Å². The highest BCUT2D eigenvalue weighted by molar-refractivity contribution is 5.96. The van der Waals surface area contributed by atoms with Crippen LogP contribution >= 0.6 is 0 Å². The highest BCUT2D eigenvalue weighted by Crippen LogP contribution is 2.22. The SMILES string of the molecule is CCOC(=O)N1CCN(C(=O)[C@H](CCC(=O)O)NC(=O)c2cc(OCC(=O)N3CCC[C@H]3C(=O)NCCF)n(-c3ccccc3)n2)C[C@H]1C. The number of nitrogens with zero attached hydrogens (tertiary/aromatic N) is 5. The van der Waals surface area contributed by atoms with E-state index in [1.165, 1.54) is 25.4 Å². The summed E-state index contributed by atoms with van der Waals surface area (Å²) in [6.07, 6.45) is -0.0658. The Morgan fingerprint density at radius 2 is 1.84 bits per heavy atom. The molecular formula is C32H42FN7O9. The number of likely N-dealkylation sites (tertiary alicyclic amines) is 1. The third-order valence-corrected chi connectivity index (χ3v) is 8.21. The van der Waals surface area contributed by atoms with Crippen LogP contribution in [0.15, 0.2) is 36.4 Å². The summed E-state index contributed by atoms with van der Waals surface area (Å²) < 4.78 is 24.8. The Hall–Kier alpha value is -5.22. The van der Waals surface area contributed by atoms with Crippen molar-refractivity contribution in [2.75, 3.05) is 52.6 Å². The number of carbonyl (C=O) groups is 6. The van der Waals surface area contributed by atoms with Gasteiger partial charge in [-0.2, -0.15) is 5.10 Å². The second kappa shape index (κ2) is 17.3. The number of carbonyl (C=O) groups excluding carboxylic acids is 5. The van der Waals surface area contributed by atoms with Crippen LogP contribution in [0.2, 0.25) is 0 Å². The molecule has 2 saturated heterocycles. The minimum Gasteiger partial charge on any atom is -0.481 e. The molecule has 2 aliphatic heterocycles. The largest absolute Gasteiger partial charge is 0.481 e. The second-order valence-corrected chi connectivity index (χ2v) is 11.6. The monoisotopic (exact) mass is 687 g/mol. The van der Waals surface area contributed by atoms with Crippen molar-refractivity contribution >= 4 is 35.7 Å². The molecule has 3 N–H and O–H groups in total. The van der Waals surface area contributed by atoms with E-state index in [1.54, 1.807) is 44.2 Å². The summed E-state index contributed by atoms with van der Waals surface area (Å²) in [7, 11) is 0. The van der Waals surface area contributed by atoms with Crippen LogP contribution in [0.4, 0.5) is 9.18 Å². The number of benzene rings is 1. The lowest BCUT2D eigenvalue weighted by Gasteiger charge is -2.40. The van der Waals surface area contributed by atoms with E-state index in [0.29, 0.717) is 25.1 Å². The summed E-state index contributed by atoms with van der Waals surface area (Å²) >= 11 is 0. The second-order valence-electron chi connectivity index (χ2n) is 11.6. The van der Waals surface area contributed by atoms with Gasteiger partial charge < -0.3 is 39.9 Å². The van der Waals surface area contributed by atoms with E-state index in [9.17, 15) is 38.3 Å². The Morgan fingerprint density at radius 1 is 1.08 bits per heavy atom. The van der Waals surface area contributed by atoms with Crippen molar-refractivity contribution < 1.29 is 47.7 Å². The first-order chi connectivity index (χ1) is 23.5. The molecule has 0 radical (unpaired) electrons. The molecule has 0 spiro atoms. The van der Waals surface area contributed by atoms with Gasteiger partial charge in [0.05, 0.1) is 12.3 Å². The topological polar surface area (TPSA) is 193 Å². The number of ether oxygens (including phenoxy) is 2. The smallest absolute Gasteiger partial charge is 0.410 e. The van der Waals surface area contributed by atoms with Gasteiger partial charge in [0.15, 0.2) is 12.3 Å². The maximum Gasteiger partial charge on any atom is 0.410 e. The van der Waals surface area contributed by atoms with Gasteiger partial charge in [-0.1, -0.05) is 18.2 Å². The fourth-order valence-corrected chi connectivity index (χ4v) is 5.79. The van der Waals surface area contributed by atoms with Crippen molar-refractivity contribution in [3.63, 3.8) is 0 Å². The normalized spacial score (nSPS) is 18.1. The van der Waals surface area contributed by atoms with Crippen molar-refractivity contribution in [2.24, 2.45) is 0 Å². The molecule has 1 aromatic heterocycles. The van der Waals surface area contributed by atoms with Gasteiger partial charge in [0.1, 0.15) is 18.8 Å². The number of nitrogens with one attached hydrogen (secondary N) is 2. The van der Waals surface area contributed by atoms with Crippen LogP contribution in [-0.4, -0.2) is 136 Å². The molecule has 0 aliphatic carbocycles. The number of aliphatic carboxylic acids is 1. The van der Waals surface area contributed by atoms with E-state index in [-0.39, 0.29) is 56.8 Å². The van der Waals surface area contributed by atoms with Crippen molar-refractivity contribution in [2.45, 2.75) is 57.7 Å². The van der Waals surface area contributed by atoms with Crippen LogP contribution < -0.4 is 15.4 Å². The summed E-state index contributed by atoms with van der Waals surface area (Å²) in [6.45, 7) is 3.14. The van der Waals surface area contributed by atoms with Gasteiger partial charge in [0.2, 0.25) is 17.7 Å². The maximum atomic E-state index is 13.6. The maximum absolute atomic E-state index is 13.6. The van der Waals surface area contributed by atoms with Crippen molar-refractivity contribution in [1.82, 2.24) is 35.1 Å². The van der Waals surface area contributed by atoms with Crippen molar-refractivity contribution in [3.8, 4) is 11.6 Å². The molecule has 49 heavy (non-hydrogen) atoms. The summed E-state index contributed by atoms with van der Waals surface area (Å²) in [5.41, 5.74) is 0.338. The standard InChI is InChI=1S/C32H42FN7O9/c1-3-48-32(47)38-17-16-37(19-21(38)2)31(46)23(11-12-28(42)43)35-29(44)24-18-27(40(36-24)22-8-5-4-6-9-22)49-20-26(41)39-15-7-10-25(39)30(45)34-14-13-33/h4-6,8-9,18,21,23,25H,3,7,10-17,19-20H2,1-2H3,(H,34,45)(H,35,44)(H,42,43)/t21-,23+,25+/m1/s1. The van der Waals surface area contributed by atoms with Gasteiger partial charge >= 0.3 is 12.1 Å². The van der Waals surface area contributed by atoms with E-state index in [0.717, 1.165) is 0 Å². The number of halogens is 1. The van der Waals surface area contributed by atoms with Gasteiger partial charge in [0.25, 0.3) is 11.8 Å². The molecule has 1 aromatic carbocycles. The molecule has 2 aliphatic rings. The Labute approximate surface area is 282 Å². The highest BCUT2D eigenvalue weighted by atomic mass is 19.1. The average Bonchev–Trinajstić information content (AvgIpc) is 3.76. The summed E-state index contributed by atoms with van der Waals surface area (Å²) in [4.78, 5) is 80.8. The molecule has 2 fully saturated rings. The molecular weight excluding hydrogens is 645 g/mol. The zero-order valence-electron chi connectivity index (χ0n) is 27.5. The molecule has 3 atom stereocenters. The van der Waals surface area contributed by atoms with Gasteiger partial charge in [-0.15, -0.1) is 0 Å². The molecule has 17 heteroatoms. The zero-order chi connectivity index (χ0) is 35.5. The van der Waals surface area contributed by atoms with E-state index in [1.807, 2.05) is 0 Å². The number of hydrogen-bond donors (Lipinski definition) is 3. The fourth-order valence-electron chi connectivity index (χ4n) is 5.79. The van der Waals surface area contributed by atoms with Gasteiger partial charge in [-0.05, 0) is 45.2 Å². The summed E-state index contributed by atoms with van der Waals surface area (Å²) in [6, 6.07) is 7.60. The average molecular weight is 688 g/mol. The first-order valence-electron chi connectivity index (χ1n) is 16.2. The number of piperazine rings is 1. The quantitative estimate of drug-likeness (QED) is 0.258. The molecule has 0 saturated carbocycles. The van der Waals surface area contributed by atoms with Gasteiger partial charge in [-0.25, -0.2) is 13.9 Å². The van der Waals surface area contributed by atoms with E-state index >= 15 is 0 Å². The molecule has 266 valence electrons. The number of para-hydroxylation sites is 1. The lowest BCUT2D eigenvalue weighted by molar-refractivity contribution is -0.140. The first-order valence-corrected chi connectivity index (χ1v) is 16.2. The molecule has 2 aromatic rings. The minimum atomic E-state index is -1.21. The number of aromatic nitrogens is 2. The molecule has 0 unspecified atom stereocenters. The third-order valence-electron chi connectivity index (χ3n) is 8.21. The molecule has 16 nitrogen and oxygen atoms in total. The Kier molecular flexibility index (Phi) is 12.9. The third kappa shape index (κ3) is 9.45. The minimum absolute atomic E-state index is 0.0275. The number of amides is 5. The highest BCUT2D eigenvalue weighted by Gasteiger charge is 2.36. The van der Waals surface area contributed by atoms with E-state index < -0.39 is 67.5 Å². The number of rotatable bonds is 14.